The molecular weight excluding hydrogens is 105 g/mol. The first-order valence-corrected chi connectivity index (χ1v) is 3.20. The minimum absolute atomic E-state index is 0.176. The zero-order chi connectivity index (χ0) is 5.98. The molecule has 1 saturated carbocycles. The Balaban J connectivity index is 2.24. The van der Waals surface area contributed by atoms with Gasteiger partial charge in [-0.3, -0.25) is 0 Å². The average molecular weight is 117 g/mol. The van der Waals surface area contributed by atoms with Gasteiger partial charge in [0, 0.05) is 5.92 Å². The van der Waals surface area contributed by atoms with Crippen molar-refractivity contribution in [2.45, 2.75) is 32.0 Å². The van der Waals surface area contributed by atoms with Gasteiger partial charge >= 0.3 is 0 Å². The Bertz CT molecular complexity index is 66.9. The molecular formula is C6H12FN. The van der Waals surface area contributed by atoms with Crippen LogP contribution in [0.1, 0.15) is 25.7 Å². The molecule has 1 atom stereocenters. The fourth-order valence-electron chi connectivity index (χ4n) is 1.28. The Labute approximate surface area is 49.1 Å². The van der Waals surface area contributed by atoms with E-state index < -0.39 is 6.30 Å². The zero-order valence-electron chi connectivity index (χ0n) is 4.94. The van der Waals surface area contributed by atoms with Crippen LogP contribution < -0.4 is 5.73 Å². The first kappa shape index (κ1) is 6.02. The van der Waals surface area contributed by atoms with E-state index in [1.165, 1.54) is 12.8 Å². The van der Waals surface area contributed by atoms with Gasteiger partial charge in [0.25, 0.3) is 0 Å². The van der Waals surface area contributed by atoms with E-state index in [4.69, 9.17) is 5.73 Å². The molecule has 0 aromatic heterocycles. The minimum atomic E-state index is -1.06. The summed E-state index contributed by atoms with van der Waals surface area (Å²) in [6.07, 6.45) is 3.28. The molecule has 0 spiro atoms. The van der Waals surface area contributed by atoms with E-state index in [9.17, 15) is 4.39 Å². The molecule has 1 nitrogen and oxygen atoms in total. The van der Waals surface area contributed by atoms with E-state index in [0.29, 0.717) is 0 Å². The molecule has 0 heterocycles. The van der Waals surface area contributed by atoms with Crippen LogP contribution in [-0.4, -0.2) is 6.30 Å². The molecule has 2 N–H and O–H groups in total. The molecule has 1 fully saturated rings. The van der Waals surface area contributed by atoms with Gasteiger partial charge in [-0.1, -0.05) is 12.8 Å². The van der Waals surface area contributed by atoms with Crippen LogP contribution in [0.3, 0.4) is 0 Å². The summed E-state index contributed by atoms with van der Waals surface area (Å²) in [4.78, 5) is 0. The second-order valence-electron chi connectivity index (χ2n) is 2.49. The standard InChI is InChI=1S/C6H12FN/c7-6(8)5-3-1-2-4-5/h5-6H,1-4,8H2. The summed E-state index contributed by atoms with van der Waals surface area (Å²) in [7, 11) is 0. The number of alkyl halides is 1. The van der Waals surface area contributed by atoms with Gasteiger partial charge in [-0.2, -0.15) is 0 Å². The molecule has 1 unspecified atom stereocenters. The summed E-state index contributed by atoms with van der Waals surface area (Å²) in [6, 6.07) is 0. The minimum Gasteiger partial charge on any atom is -0.302 e. The predicted molar refractivity (Wildman–Crippen MR) is 31.0 cm³/mol. The molecule has 0 aromatic rings. The smallest absolute Gasteiger partial charge is 0.151 e. The van der Waals surface area contributed by atoms with Crippen molar-refractivity contribution < 1.29 is 4.39 Å². The van der Waals surface area contributed by atoms with E-state index in [2.05, 4.69) is 0 Å². The monoisotopic (exact) mass is 117 g/mol. The predicted octanol–water partition coefficient (Wildman–Crippen LogP) is 1.43. The molecule has 48 valence electrons. The van der Waals surface area contributed by atoms with Crippen molar-refractivity contribution in [1.82, 2.24) is 0 Å². The molecule has 0 bridgehead atoms. The highest BCUT2D eigenvalue weighted by Crippen LogP contribution is 2.26. The van der Waals surface area contributed by atoms with Gasteiger partial charge in [-0.15, -0.1) is 0 Å². The summed E-state index contributed by atoms with van der Waals surface area (Å²) >= 11 is 0. The van der Waals surface area contributed by atoms with Crippen molar-refractivity contribution in [2.24, 2.45) is 11.7 Å². The number of hydrogen-bond acceptors (Lipinski definition) is 1. The van der Waals surface area contributed by atoms with Crippen molar-refractivity contribution in [3.05, 3.63) is 0 Å². The Morgan fingerprint density at radius 1 is 1.38 bits per heavy atom. The average Bonchev–Trinajstić information content (AvgIpc) is 2.12. The third-order valence-corrected chi connectivity index (χ3v) is 1.85. The van der Waals surface area contributed by atoms with E-state index >= 15 is 0 Å². The lowest BCUT2D eigenvalue weighted by molar-refractivity contribution is 0.238. The maximum absolute atomic E-state index is 12.2. The molecule has 0 amide bonds. The van der Waals surface area contributed by atoms with Crippen molar-refractivity contribution in [3.63, 3.8) is 0 Å². The Kier molecular flexibility index (Phi) is 1.84. The lowest BCUT2D eigenvalue weighted by Gasteiger charge is -2.07. The van der Waals surface area contributed by atoms with Crippen LogP contribution in [0.25, 0.3) is 0 Å². The van der Waals surface area contributed by atoms with Crippen LogP contribution in [-0.2, 0) is 0 Å². The Hall–Kier alpha value is -0.110. The fraction of sp³-hybridized carbons (Fsp3) is 1.00. The number of nitrogens with two attached hydrogens (primary N) is 1. The van der Waals surface area contributed by atoms with Gasteiger partial charge in [-0.25, -0.2) is 4.39 Å². The second kappa shape index (κ2) is 2.44. The highest BCUT2D eigenvalue weighted by molar-refractivity contribution is 4.70. The lowest BCUT2D eigenvalue weighted by atomic mass is 10.1. The molecule has 0 saturated heterocycles. The second-order valence-corrected chi connectivity index (χ2v) is 2.49. The number of hydrogen-bond donors (Lipinski definition) is 1. The fourth-order valence-corrected chi connectivity index (χ4v) is 1.28. The SMILES string of the molecule is NC(F)C1CCCC1. The summed E-state index contributed by atoms with van der Waals surface area (Å²) in [5.41, 5.74) is 5.03. The maximum atomic E-state index is 12.2. The van der Waals surface area contributed by atoms with Crippen LogP contribution >= 0.6 is 0 Å². The highest BCUT2D eigenvalue weighted by atomic mass is 19.1. The molecule has 1 rings (SSSR count). The number of rotatable bonds is 1. The van der Waals surface area contributed by atoms with Gasteiger partial charge in [0.05, 0.1) is 0 Å². The summed E-state index contributed by atoms with van der Waals surface area (Å²) in [5, 5.41) is 0. The van der Waals surface area contributed by atoms with Crippen molar-refractivity contribution in [3.8, 4) is 0 Å². The van der Waals surface area contributed by atoms with Crippen LogP contribution in [0.15, 0.2) is 0 Å². The highest BCUT2D eigenvalue weighted by Gasteiger charge is 2.20. The van der Waals surface area contributed by atoms with Gasteiger partial charge in [-0.05, 0) is 12.8 Å². The first-order chi connectivity index (χ1) is 3.80. The first-order valence-electron chi connectivity index (χ1n) is 3.20. The summed E-state index contributed by atoms with van der Waals surface area (Å²) < 4.78 is 12.2. The Morgan fingerprint density at radius 2 is 1.88 bits per heavy atom. The van der Waals surface area contributed by atoms with Crippen LogP contribution in [0.5, 0.6) is 0 Å². The third kappa shape index (κ3) is 1.19. The molecule has 2 heteroatoms. The largest absolute Gasteiger partial charge is 0.302 e. The number of halogens is 1. The maximum Gasteiger partial charge on any atom is 0.151 e. The van der Waals surface area contributed by atoms with Crippen molar-refractivity contribution >= 4 is 0 Å². The van der Waals surface area contributed by atoms with Crippen LogP contribution in [0, 0.1) is 5.92 Å². The van der Waals surface area contributed by atoms with Crippen LogP contribution in [0.4, 0.5) is 4.39 Å². The molecule has 0 radical (unpaired) electrons. The summed E-state index contributed by atoms with van der Waals surface area (Å²) in [5.74, 6) is 0.176. The quantitative estimate of drug-likeness (QED) is 0.516. The lowest BCUT2D eigenvalue weighted by Crippen LogP contribution is -2.22. The van der Waals surface area contributed by atoms with E-state index in [0.717, 1.165) is 12.8 Å². The van der Waals surface area contributed by atoms with Crippen molar-refractivity contribution in [1.29, 1.82) is 0 Å². The molecule has 8 heavy (non-hydrogen) atoms. The molecule has 0 aliphatic heterocycles. The van der Waals surface area contributed by atoms with Gasteiger partial charge < -0.3 is 5.73 Å². The van der Waals surface area contributed by atoms with Gasteiger partial charge in [0.2, 0.25) is 0 Å². The van der Waals surface area contributed by atoms with E-state index in [1.807, 2.05) is 0 Å². The molecule has 1 aliphatic rings. The van der Waals surface area contributed by atoms with Gasteiger partial charge in [0.15, 0.2) is 6.30 Å². The normalized spacial score (nSPS) is 26.2. The third-order valence-electron chi connectivity index (χ3n) is 1.85. The van der Waals surface area contributed by atoms with Crippen LogP contribution in [0.2, 0.25) is 0 Å². The van der Waals surface area contributed by atoms with Crippen molar-refractivity contribution in [2.75, 3.05) is 0 Å². The Morgan fingerprint density at radius 3 is 2.12 bits per heavy atom. The van der Waals surface area contributed by atoms with E-state index in [1.54, 1.807) is 0 Å². The van der Waals surface area contributed by atoms with Gasteiger partial charge in [0.1, 0.15) is 0 Å². The molecule has 0 aromatic carbocycles. The molecule has 1 aliphatic carbocycles. The topological polar surface area (TPSA) is 26.0 Å². The summed E-state index contributed by atoms with van der Waals surface area (Å²) in [6.45, 7) is 0. The van der Waals surface area contributed by atoms with E-state index in [-0.39, 0.29) is 5.92 Å². The zero-order valence-corrected chi connectivity index (χ0v) is 4.94.